The molecule has 1 N–H and O–H groups in total. The van der Waals surface area contributed by atoms with Crippen LogP contribution in [0.5, 0.6) is 0 Å². The molecule has 0 bridgehead atoms. The summed E-state index contributed by atoms with van der Waals surface area (Å²) in [5, 5.41) is 2.75. The lowest BCUT2D eigenvalue weighted by molar-refractivity contribution is 0.138. The van der Waals surface area contributed by atoms with Crippen LogP contribution < -0.4 is 5.32 Å². The first-order valence-electron chi connectivity index (χ1n) is 7.26. The van der Waals surface area contributed by atoms with Gasteiger partial charge in [-0.3, -0.25) is 0 Å². The predicted octanol–water partition coefficient (Wildman–Crippen LogP) is 3.18. The highest BCUT2D eigenvalue weighted by Gasteiger charge is 2.46. The van der Waals surface area contributed by atoms with E-state index in [-0.39, 0.29) is 12.0 Å². The Bertz CT molecular complexity index is 657. The van der Waals surface area contributed by atoms with Crippen molar-refractivity contribution in [3.63, 3.8) is 0 Å². The normalized spacial score (nSPS) is 15.1. The zero-order valence-corrected chi connectivity index (χ0v) is 12.1. The van der Waals surface area contributed by atoms with E-state index in [1.165, 1.54) is 6.07 Å². The number of carbonyl (C=O) groups is 1. The number of rotatable bonds is 5. The first-order valence-corrected chi connectivity index (χ1v) is 7.26. The lowest BCUT2D eigenvalue weighted by Crippen LogP contribution is -2.33. The zero-order chi connectivity index (χ0) is 15.4. The largest absolute Gasteiger partial charge is 0.445 e. The molecular formula is C17H17FN2O2. The fourth-order valence-corrected chi connectivity index (χ4v) is 2.39. The standard InChI is InChI=1S/C17H17FN2O2/c18-15-8-4-7-14(20-15)17(9-10-17)12-19-16(21)22-11-13-5-2-1-3-6-13/h1-8H,9-12H2,(H,19,21). The van der Waals surface area contributed by atoms with Gasteiger partial charge in [-0.2, -0.15) is 4.39 Å². The summed E-state index contributed by atoms with van der Waals surface area (Å²) in [5.74, 6) is -0.490. The molecule has 2 aromatic rings. The maximum absolute atomic E-state index is 13.2. The molecule has 3 rings (SSSR count). The van der Waals surface area contributed by atoms with Crippen LogP contribution in [0.25, 0.3) is 0 Å². The predicted molar refractivity (Wildman–Crippen MR) is 79.7 cm³/mol. The number of nitrogens with zero attached hydrogens (tertiary/aromatic N) is 1. The number of nitrogens with one attached hydrogen (secondary N) is 1. The van der Waals surface area contributed by atoms with Gasteiger partial charge in [-0.25, -0.2) is 9.78 Å². The van der Waals surface area contributed by atoms with Crippen LogP contribution in [0.4, 0.5) is 9.18 Å². The number of alkyl carbamates (subject to hydrolysis) is 1. The molecule has 1 aromatic heterocycles. The van der Waals surface area contributed by atoms with E-state index in [1.54, 1.807) is 12.1 Å². The number of amides is 1. The smallest absolute Gasteiger partial charge is 0.407 e. The number of halogens is 1. The van der Waals surface area contributed by atoms with Gasteiger partial charge in [-0.15, -0.1) is 0 Å². The van der Waals surface area contributed by atoms with Crippen LogP contribution in [-0.2, 0) is 16.8 Å². The number of pyridine rings is 1. The first-order chi connectivity index (χ1) is 10.7. The molecular weight excluding hydrogens is 283 g/mol. The van der Waals surface area contributed by atoms with Crippen molar-refractivity contribution in [2.75, 3.05) is 6.54 Å². The Hall–Kier alpha value is -2.43. The third-order valence-electron chi connectivity index (χ3n) is 3.90. The van der Waals surface area contributed by atoms with Crippen molar-refractivity contribution in [3.05, 3.63) is 65.7 Å². The molecule has 0 radical (unpaired) electrons. The van der Waals surface area contributed by atoms with Crippen LogP contribution >= 0.6 is 0 Å². The van der Waals surface area contributed by atoms with E-state index in [0.717, 1.165) is 18.4 Å². The summed E-state index contributed by atoms with van der Waals surface area (Å²) in [5.41, 5.74) is 1.38. The second kappa shape index (κ2) is 6.13. The van der Waals surface area contributed by atoms with Gasteiger partial charge < -0.3 is 10.1 Å². The fourth-order valence-electron chi connectivity index (χ4n) is 2.39. The van der Waals surface area contributed by atoms with Crippen LogP contribution in [0, 0.1) is 5.95 Å². The van der Waals surface area contributed by atoms with Crippen molar-refractivity contribution in [1.29, 1.82) is 0 Å². The van der Waals surface area contributed by atoms with Gasteiger partial charge in [-0.1, -0.05) is 36.4 Å². The van der Waals surface area contributed by atoms with Crippen LogP contribution in [0.2, 0.25) is 0 Å². The molecule has 0 spiro atoms. The Balaban J connectivity index is 1.51. The number of carbonyl (C=O) groups excluding carboxylic acids is 1. The molecule has 114 valence electrons. The minimum absolute atomic E-state index is 0.234. The van der Waals surface area contributed by atoms with Crippen molar-refractivity contribution in [2.24, 2.45) is 0 Å². The molecule has 0 atom stereocenters. The molecule has 1 saturated carbocycles. The van der Waals surface area contributed by atoms with Gasteiger partial charge in [0.05, 0.1) is 5.69 Å². The van der Waals surface area contributed by atoms with Gasteiger partial charge in [0, 0.05) is 12.0 Å². The van der Waals surface area contributed by atoms with E-state index in [4.69, 9.17) is 4.74 Å². The topological polar surface area (TPSA) is 51.2 Å². The van der Waals surface area contributed by atoms with Gasteiger partial charge in [-0.05, 0) is 30.5 Å². The number of hydrogen-bond donors (Lipinski definition) is 1. The Morgan fingerprint density at radius 3 is 2.64 bits per heavy atom. The molecule has 0 saturated heterocycles. The molecule has 0 aliphatic heterocycles. The van der Waals surface area contributed by atoms with Crippen molar-refractivity contribution in [1.82, 2.24) is 10.3 Å². The van der Waals surface area contributed by atoms with Gasteiger partial charge in [0.2, 0.25) is 5.95 Å². The summed E-state index contributed by atoms with van der Waals surface area (Å²) in [6.07, 6.45) is 1.32. The van der Waals surface area contributed by atoms with E-state index in [0.29, 0.717) is 12.2 Å². The van der Waals surface area contributed by atoms with Gasteiger partial charge in [0.25, 0.3) is 0 Å². The van der Waals surface area contributed by atoms with Crippen molar-refractivity contribution in [3.8, 4) is 0 Å². The molecule has 22 heavy (non-hydrogen) atoms. The minimum atomic E-state index is -0.490. The molecule has 1 aliphatic carbocycles. The SMILES string of the molecule is O=C(NCC1(c2cccc(F)n2)CC1)OCc1ccccc1. The average Bonchev–Trinajstić information content (AvgIpc) is 3.33. The zero-order valence-electron chi connectivity index (χ0n) is 12.1. The molecule has 0 unspecified atom stereocenters. The highest BCUT2D eigenvalue weighted by atomic mass is 19.1. The van der Waals surface area contributed by atoms with Crippen LogP contribution in [-0.4, -0.2) is 17.6 Å². The lowest BCUT2D eigenvalue weighted by Gasteiger charge is -2.15. The van der Waals surface area contributed by atoms with Gasteiger partial charge in [0.1, 0.15) is 6.61 Å². The maximum Gasteiger partial charge on any atom is 0.407 e. The summed E-state index contributed by atoms with van der Waals surface area (Å²) in [6.45, 7) is 0.648. The Morgan fingerprint density at radius 1 is 1.18 bits per heavy atom. The van der Waals surface area contributed by atoms with Crippen LogP contribution in [0.1, 0.15) is 24.1 Å². The number of benzene rings is 1. The number of ether oxygens (including phenoxy) is 1. The van der Waals surface area contributed by atoms with Gasteiger partial charge in [0.15, 0.2) is 0 Å². The molecule has 5 heteroatoms. The molecule has 1 amide bonds. The minimum Gasteiger partial charge on any atom is -0.445 e. The molecule has 4 nitrogen and oxygen atoms in total. The Morgan fingerprint density at radius 2 is 1.95 bits per heavy atom. The van der Waals surface area contributed by atoms with E-state index < -0.39 is 12.0 Å². The Kier molecular flexibility index (Phi) is 4.04. The fraction of sp³-hybridized carbons (Fsp3) is 0.294. The quantitative estimate of drug-likeness (QED) is 0.863. The van der Waals surface area contributed by atoms with Crippen LogP contribution in [0.15, 0.2) is 48.5 Å². The van der Waals surface area contributed by atoms with Crippen LogP contribution in [0.3, 0.4) is 0 Å². The summed E-state index contributed by atoms with van der Waals surface area (Å²) < 4.78 is 18.4. The maximum atomic E-state index is 13.2. The second-order valence-corrected chi connectivity index (χ2v) is 5.54. The first kappa shape index (κ1) is 14.5. The second-order valence-electron chi connectivity index (χ2n) is 5.54. The summed E-state index contributed by atoms with van der Waals surface area (Å²) >= 11 is 0. The molecule has 1 fully saturated rings. The van der Waals surface area contributed by atoms with Crippen molar-refractivity contribution in [2.45, 2.75) is 24.9 Å². The Labute approximate surface area is 128 Å². The number of hydrogen-bond acceptors (Lipinski definition) is 3. The van der Waals surface area contributed by atoms with E-state index in [9.17, 15) is 9.18 Å². The highest BCUT2D eigenvalue weighted by Crippen LogP contribution is 2.46. The summed E-state index contributed by atoms with van der Waals surface area (Å²) in [7, 11) is 0. The average molecular weight is 300 g/mol. The third-order valence-corrected chi connectivity index (χ3v) is 3.90. The van der Waals surface area contributed by atoms with E-state index in [1.807, 2.05) is 30.3 Å². The lowest BCUT2D eigenvalue weighted by atomic mass is 10.0. The van der Waals surface area contributed by atoms with Gasteiger partial charge >= 0.3 is 6.09 Å². The van der Waals surface area contributed by atoms with E-state index >= 15 is 0 Å². The van der Waals surface area contributed by atoms with Crippen molar-refractivity contribution < 1.29 is 13.9 Å². The molecule has 1 aliphatic rings. The summed E-state index contributed by atoms with van der Waals surface area (Å²) in [6, 6.07) is 14.3. The van der Waals surface area contributed by atoms with Crippen molar-refractivity contribution >= 4 is 6.09 Å². The molecule has 1 aromatic carbocycles. The summed E-state index contributed by atoms with van der Waals surface area (Å²) in [4.78, 5) is 15.7. The monoisotopic (exact) mass is 300 g/mol. The number of aromatic nitrogens is 1. The van der Waals surface area contributed by atoms with E-state index in [2.05, 4.69) is 10.3 Å². The third kappa shape index (κ3) is 3.42. The molecule has 1 heterocycles. The highest BCUT2D eigenvalue weighted by molar-refractivity contribution is 5.67.